The average Bonchev–Trinajstić information content (AvgIpc) is 2.30. The number of benzene rings is 2. The van der Waals surface area contributed by atoms with Crippen LogP contribution in [0.25, 0.3) is 0 Å². The summed E-state index contributed by atoms with van der Waals surface area (Å²) in [5.74, 6) is 0.531. The average molecular weight is 231 g/mol. The van der Waals surface area contributed by atoms with Crippen molar-refractivity contribution in [2.75, 3.05) is 0 Å². The molecule has 17 heavy (non-hydrogen) atoms. The van der Waals surface area contributed by atoms with Crippen LogP contribution in [0.4, 0.5) is 5.69 Å². The van der Waals surface area contributed by atoms with Gasteiger partial charge < -0.3 is 9.84 Å². The molecule has 0 fully saturated rings. The van der Waals surface area contributed by atoms with Crippen LogP contribution in [-0.4, -0.2) is 10.0 Å². The van der Waals surface area contributed by atoms with Gasteiger partial charge in [-0.1, -0.05) is 18.2 Å². The van der Waals surface area contributed by atoms with E-state index in [1.54, 1.807) is 24.3 Å². The Bertz CT molecular complexity index is 539. The molecule has 0 unspecified atom stereocenters. The second-order valence-corrected chi connectivity index (χ2v) is 3.32. The smallest absolute Gasteiger partial charge is 0.310 e. The van der Waals surface area contributed by atoms with E-state index in [-0.39, 0.29) is 5.69 Å². The Morgan fingerprint density at radius 2 is 1.76 bits per heavy atom. The summed E-state index contributed by atoms with van der Waals surface area (Å²) in [5, 5.41) is 19.9. The Labute approximate surface area is 97.0 Å². The van der Waals surface area contributed by atoms with Gasteiger partial charge >= 0.3 is 5.69 Å². The zero-order chi connectivity index (χ0) is 12.3. The fourth-order valence-electron chi connectivity index (χ4n) is 1.35. The van der Waals surface area contributed by atoms with Crippen molar-refractivity contribution in [2.24, 2.45) is 0 Å². The van der Waals surface area contributed by atoms with E-state index in [0.717, 1.165) is 0 Å². The molecule has 86 valence electrons. The summed E-state index contributed by atoms with van der Waals surface area (Å²) in [6, 6.07) is 12.8. The lowest BCUT2D eigenvalue weighted by atomic mass is 10.3. The minimum absolute atomic E-state index is 0.342. The molecular weight excluding hydrogens is 222 g/mol. The van der Waals surface area contributed by atoms with Gasteiger partial charge in [0, 0.05) is 12.1 Å². The van der Waals surface area contributed by atoms with Crippen molar-refractivity contribution in [1.82, 2.24) is 0 Å². The highest BCUT2D eigenvalue weighted by Gasteiger charge is 2.13. The van der Waals surface area contributed by atoms with Crippen molar-refractivity contribution in [3.05, 3.63) is 58.6 Å². The van der Waals surface area contributed by atoms with Crippen molar-refractivity contribution < 1.29 is 14.8 Å². The SMILES string of the molecule is O=[N+]([O-])c1ccc(Oc2ccccc2)cc1O. The third kappa shape index (κ3) is 2.52. The second-order valence-electron chi connectivity index (χ2n) is 3.32. The number of nitro benzene ring substituents is 1. The van der Waals surface area contributed by atoms with Gasteiger partial charge in [-0.05, 0) is 18.2 Å². The number of nitrogens with zero attached hydrogens (tertiary/aromatic N) is 1. The van der Waals surface area contributed by atoms with E-state index in [1.165, 1.54) is 18.2 Å². The number of hydrogen-bond acceptors (Lipinski definition) is 4. The molecule has 0 saturated heterocycles. The quantitative estimate of drug-likeness (QED) is 0.650. The summed E-state index contributed by atoms with van der Waals surface area (Å²) in [7, 11) is 0. The van der Waals surface area contributed by atoms with Crippen LogP contribution in [0.5, 0.6) is 17.2 Å². The summed E-state index contributed by atoms with van der Waals surface area (Å²) >= 11 is 0. The fourth-order valence-corrected chi connectivity index (χ4v) is 1.35. The number of nitro groups is 1. The zero-order valence-corrected chi connectivity index (χ0v) is 8.74. The molecule has 0 radical (unpaired) electrons. The number of ether oxygens (including phenoxy) is 1. The topological polar surface area (TPSA) is 72.6 Å². The first-order valence-corrected chi connectivity index (χ1v) is 4.87. The summed E-state index contributed by atoms with van der Waals surface area (Å²) in [5.41, 5.74) is -0.342. The molecule has 5 heteroatoms. The van der Waals surface area contributed by atoms with E-state index >= 15 is 0 Å². The van der Waals surface area contributed by atoms with Crippen LogP contribution in [0.2, 0.25) is 0 Å². The number of phenols is 1. The number of rotatable bonds is 3. The van der Waals surface area contributed by atoms with Gasteiger partial charge in [0.2, 0.25) is 0 Å². The minimum atomic E-state index is -0.651. The van der Waals surface area contributed by atoms with Crippen molar-refractivity contribution in [1.29, 1.82) is 0 Å². The van der Waals surface area contributed by atoms with Crippen LogP contribution in [-0.2, 0) is 0 Å². The highest BCUT2D eigenvalue weighted by molar-refractivity contribution is 5.50. The number of para-hydroxylation sites is 1. The highest BCUT2D eigenvalue weighted by Crippen LogP contribution is 2.31. The highest BCUT2D eigenvalue weighted by atomic mass is 16.6. The van der Waals surface area contributed by atoms with E-state index in [2.05, 4.69) is 0 Å². The van der Waals surface area contributed by atoms with Crippen molar-refractivity contribution in [3.8, 4) is 17.2 Å². The summed E-state index contributed by atoms with van der Waals surface area (Å²) in [4.78, 5) is 9.84. The van der Waals surface area contributed by atoms with Gasteiger partial charge in [0.05, 0.1) is 4.92 Å². The van der Waals surface area contributed by atoms with Crippen LogP contribution in [0.1, 0.15) is 0 Å². The first-order chi connectivity index (χ1) is 8.16. The van der Waals surface area contributed by atoms with Gasteiger partial charge in [-0.25, -0.2) is 0 Å². The Morgan fingerprint density at radius 1 is 1.06 bits per heavy atom. The number of phenolic OH excluding ortho intramolecular Hbond substituents is 1. The molecule has 2 rings (SSSR count). The Kier molecular flexibility index (Phi) is 2.91. The fraction of sp³-hybridized carbons (Fsp3) is 0. The van der Waals surface area contributed by atoms with E-state index in [4.69, 9.17) is 4.74 Å². The van der Waals surface area contributed by atoms with Gasteiger partial charge in [0.25, 0.3) is 0 Å². The predicted molar refractivity (Wildman–Crippen MR) is 61.3 cm³/mol. The van der Waals surface area contributed by atoms with Gasteiger partial charge in [0.15, 0.2) is 5.75 Å². The largest absolute Gasteiger partial charge is 0.502 e. The molecule has 0 heterocycles. The molecule has 0 aliphatic heterocycles. The molecule has 0 aliphatic carbocycles. The monoisotopic (exact) mass is 231 g/mol. The van der Waals surface area contributed by atoms with Gasteiger partial charge in [-0.2, -0.15) is 0 Å². The lowest BCUT2D eigenvalue weighted by Gasteiger charge is -2.05. The Balaban J connectivity index is 2.24. The minimum Gasteiger partial charge on any atom is -0.502 e. The van der Waals surface area contributed by atoms with E-state index in [9.17, 15) is 15.2 Å². The molecule has 0 aliphatic rings. The lowest BCUT2D eigenvalue weighted by Crippen LogP contribution is -1.89. The van der Waals surface area contributed by atoms with Crippen molar-refractivity contribution in [3.63, 3.8) is 0 Å². The van der Waals surface area contributed by atoms with Crippen LogP contribution >= 0.6 is 0 Å². The van der Waals surface area contributed by atoms with E-state index in [0.29, 0.717) is 11.5 Å². The molecule has 0 saturated carbocycles. The third-order valence-electron chi connectivity index (χ3n) is 2.12. The molecule has 0 bridgehead atoms. The van der Waals surface area contributed by atoms with Gasteiger partial charge in [0.1, 0.15) is 11.5 Å². The maximum absolute atomic E-state index is 10.5. The maximum atomic E-state index is 10.5. The lowest BCUT2D eigenvalue weighted by molar-refractivity contribution is -0.385. The predicted octanol–water partition coefficient (Wildman–Crippen LogP) is 3.09. The maximum Gasteiger partial charge on any atom is 0.310 e. The normalized spacial score (nSPS) is 9.88. The molecule has 0 amide bonds. The number of aromatic hydroxyl groups is 1. The van der Waals surface area contributed by atoms with Gasteiger partial charge in [-0.3, -0.25) is 10.1 Å². The third-order valence-corrected chi connectivity index (χ3v) is 2.12. The van der Waals surface area contributed by atoms with Crippen LogP contribution in [0.15, 0.2) is 48.5 Å². The Hall–Kier alpha value is -2.56. The van der Waals surface area contributed by atoms with Crippen LogP contribution in [0.3, 0.4) is 0 Å². The summed E-state index contributed by atoms with van der Waals surface area (Å²) in [6.07, 6.45) is 0. The molecule has 2 aromatic rings. The molecular formula is C12H9NO4. The molecule has 2 aromatic carbocycles. The zero-order valence-electron chi connectivity index (χ0n) is 8.74. The molecule has 0 aromatic heterocycles. The summed E-state index contributed by atoms with van der Waals surface area (Å²) in [6.45, 7) is 0. The first kappa shape index (κ1) is 10.9. The first-order valence-electron chi connectivity index (χ1n) is 4.87. The summed E-state index contributed by atoms with van der Waals surface area (Å²) < 4.78 is 5.41. The van der Waals surface area contributed by atoms with Crippen molar-refractivity contribution >= 4 is 5.69 Å². The molecule has 5 nitrogen and oxygen atoms in total. The molecule has 0 spiro atoms. The number of hydrogen-bond donors (Lipinski definition) is 1. The van der Waals surface area contributed by atoms with E-state index < -0.39 is 10.7 Å². The van der Waals surface area contributed by atoms with Crippen LogP contribution < -0.4 is 4.74 Å². The second kappa shape index (κ2) is 4.52. The molecule has 1 N–H and O–H groups in total. The Morgan fingerprint density at radius 3 is 2.35 bits per heavy atom. The van der Waals surface area contributed by atoms with E-state index in [1.807, 2.05) is 6.07 Å². The van der Waals surface area contributed by atoms with Crippen molar-refractivity contribution in [2.45, 2.75) is 0 Å². The standard InChI is InChI=1S/C12H9NO4/c14-12-8-10(6-7-11(12)13(15)16)17-9-4-2-1-3-5-9/h1-8,14H. The van der Waals surface area contributed by atoms with Gasteiger partial charge in [-0.15, -0.1) is 0 Å². The molecule has 0 atom stereocenters. The van der Waals surface area contributed by atoms with Crippen LogP contribution in [0, 0.1) is 10.1 Å².